The molecule has 2 saturated heterocycles. The minimum absolute atomic E-state index is 0.0183. The molecular formula is C13H18N4O4. The lowest BCUT2D eigenvalue weighted by atomic mass is 9.98. The Balaban J connectivity index is 1.68. The van der Waals surface area contributed by atoms with Gasteiger partial charge in [0.05, 0.1) is 12.0 Å². The summed E-state index contributed by atoms with van der Waals surface area (Å²) >= 11 is 0. The van der Waals surface area contributed by atoms with E-state index >= 15 is 0 Å². The lowest BCUT2D eigenvalue weighted by molar-refractivity contribution is -0.143. The van der Waals surface area contributed by atoms with Gasteiger partial charge >= 0.3 is 5.97 Å². The number of aliphatic carboxylic acids is 1. The quantitative estimate of drug-likeness (QED) is 0.832. The first kappa shape index (κ1) is 14.0. The van der Waals surface area contributed by atoms with Crippen LogP contribution in [0.5, 0.6) is 0 Å². The topological polar surface area (TPSA) is 109 Å². The fourth-order valence-corrected chi connectivity index (χ4v) is 2.86. The van der Waals surface area contributed by atoms with Crippen LogP contribution in [0.25, 0.3) is 0 Å². The van der Waals surface area contributed by atoms with E-state index < -0.39 is 11.9 Å². The number of aromatic nitrogens is 2. The predicted octanol–water partition coefficient (Wildman–Crippen LogP) is 0.431. The number of hydrogen-bond acceptors (Lipinski definition) is 6. The lowest BCUT2D eigenvalue weighted by Gasteiger charge is -2.29. The highest BCUT2D eigenvalue weighted by Crippen LogP contribution is 2.22. The highest BCUT2D eigenvalue weighted by molar-refractivity contribution is 5.90. The van der Waals surface area contributed by atoms with Crippen molar-refractivity contribution in [1.29, 1.82) is 0 Å². The highest BCUT2D eigenvalue weighted by Gasteiger charge is 2.31. The van der Waals surface area contributed by atoms with Gasteiger partial charge in [-0.05, 0) is 32.2 Å². The molecule has 2 atom stereocenters. The molecule has 0 radical (unpaired) electrons. The zero-order chi connectivity index (χ0) is 14.8. The van der Waals surface area contributed by atoms with E-state index in [1.165, 1.54) is 4.90 Å². The number of nitrogens with one attached hydrogen (secondary N) is 1. The zero-order valence-corrected chi connectivity index (χ0v) is 11.6. The van der Waals surface area contributed by atoms with Gasteiger partial charge < -0.3 is 19.8 Å². The van der Waals surface area contributed by atoms with Crippen molar-refractivity contribution in [1.82, 2.24) is 20.4 Å². The van der Waals surface area contributed by atoms with E-state index in [1.54, 1.807) is 0 Å². The van der Waals surface area contributed by atoms with Crippen molar-refractivity contribution in [3.05, 3.63) is 11.7 Å². The Morgan fingerprint density at radius 3 is 2.90 bits per heavy atom. The highest BCUT2D eigenvalue weighted by atomic mass is 16.5. The molecule has 1 amide bonds. The van der Waals surface area contributed by atoms with Gasteiger partial charge in [0.25, 0.3) is 11.7 Å². The summed E-state index contributed by atoms with van der Waals surface area (Å²) < 4.78 is 5.15. The molecule has 8 nitrogen and oxygen atoms in total. The minimum Gasteiger partial charge on any atom is -0.481 e. The largest absolute Gasteiger partial charge is 0.481 e. The molecule has 2 fully saturated rings. The maximum absolute atomic E-state index is 12.3. The summed E-state index contributed by atoms with van der Waals surface area (Å²) in [5.74, 6) is -1.27. The average Bonchev–Trinajstić information content (AvgIpc) is 3.17. The summed E-state index contributed by atoms with van der Waals surface area (Å²) in [5.41, 5.74) is 0. The van der Waals surface area contributed by atoms with Crippen molar-refractivity contribution in [2.45, 2.75) is 31.7 Å². The predicted molar refractivity (Wildman–Crippen MR) is 70.5 cm³/mol. The van der Waals surface area contributed by atoms with E-state index in [4.69, 9.17) is 9.63 Å². The second kappa shape index (κ2) is 5.80. The van der Waals surface area contributed by atoms with Crippen molar-refractivity contribution in [2.75, 3.05) is 19.6 Å². The van der Waals surface area contributed by atoms with Crippen LogP contribution in [0.3, 0.4) is 0 Å². The number of carboxylic acids is 1. The molecule has 2 aliphatic rings. The Labute approximate surface area is 121 Å². The monoisotopic (exact) mass is 294 g/mol. The normalized spacial score (nSPS) is 26.0. The van der Waals surface area contributed by atoms with Crippen LogP contribution in [0.2, 0.25) is 0 Å². The zero-order valence-electron chi connectivity index (χ0n) is 11.6. The standard InChI is InChI=1S/C13H18N4O4/c18-12(17-6-2-3-8(7-17)13(19)20)10-15-11(21-16-10)9-4-1-5-14-9/h8-9,14H,1-7H2,(H,19,20)/t8-,9?/m0/s1. The summed E-state index contributed by atoms with van der Waals surface area (Å²) in [4.78, 5) is 29.0. The number of likely N-dealkylation sites (tertiary alicyclic amines) is 1. The van der Waals surface area contributed by atoms with Crippen molar-refractivity contribution in [3.63, 3.8) is 0 Å². The SMILES string of the molecule is O=C(O)[C@H]1CCCN(C(=O)c2noc(C3CCCN3)n2)C1. The summed E-state index contributed by atoms with van der Waals surface area (Å²) in [7, 11) is 0. The molecule has 1 aromatic rings. The maximum atomic E-state index is 12.3. The van der Waals surface area contributed by atoms with E-state index in [9.17, 15) is 9.59 Å². The molecule has 0 aromatic carbocycles. The number of carbonyl (C=O) groups excluding carboxylic acids is 1. The molecule has 3 heterocycles. The molecule has 21 heavy (non-hydrogen) atoms. The van der Waals surface area contributed by atoms with Crippen LogP contribution in [-0.2, 0) is 4.79 Å². The van der Waals surface area contributed by atoms with Crippen molar-refractivity contribution < 1.29 is 19.2 Å². The molecule has 0 bridgehead atoms. The van der Waals surface area contributed by atoms with Gasteiger partial charge in [-0.15, -0.1) is 0 Å². The van der Waals surface area contributed by atoms with Crippen molar-refractivity contribution in [2.24, 2.45) is 5.92 Å². The Hall–Kier alpha value is -1.96. The molecule has 8 heteroatoms. The third-order valence-corrected chi connectivity index (χ3v) is 4.05. The number of piperidine rings is 1. The van der Waals surface area contributed by atoms with Gasteiger partial charge in [-0.2, -0.15) is 4.98 Å². The molecule has 2 N–H and O–H groups in total. The van der Waals surface area contributed by atoms with Crippen molar-refractivity contribution >= 4 is 11.9 Å². The van der Waals surface area contributed by atoms with Gasteiger partial charge in [0.15, 0.2) is 0 Å². The third kappa shape index (κ3) is 2.90. The van der Waals surface area contributed by atoms with Gasteiger partial charge in [-0.3, -0.25) is 9.59 Å². The van der Waals surface area contributed by atoms with E-state index in [2.05, 4.69) is 15.5 Å². The number of nitrogens with zero attached hydrogens (tertiary/aromatic N) is 3. The van der Waals surface area contributed by atoms with Crippen LogP contribution in [0.15, 0.2) is 4.52 Å². The maximum Gasteiger partial charge on any atom is 0.308 e. The van der Waals surface area contributed by atoms with E-state index in [0.717, 1.165) is 19.4 Å². The smallest absolute Gasteiger partial charge is 0.308 e. The van der Waals surface area contributed by atoms with E-state index in [-0.39, 0.29) is 24.3 Å². The first-order valence-corrected chi connectivity index (χ1v) is 7.24. The Kier molecular flexibility index (Phi) is 3.87. The second-order valence-electron chi connectivity index (χ2n) is 5.53. The van der Waals surface area contributed by atoms with Crippen LogP contribution in [0.4, 0.5) is 0 Å². The summed E-state index contributed by atoms with van der Waals surface area (Å²) in [6, 6.07) is 0.0205. The molecule has 0 aliphatic carbocycles. The molecule has 0 spiro atoms. The molecule has 2 aliphatic heterocycles. The van der Waals surface area contributed by atoms with Gasteiger partial charge in [-0.1, -0.05) is 5.16 Å². The van der Waals surface area contributed by atoms with Gasteiger partial charge in [-0.25, -0.2) is 0 Å². The molecule has 1 unspecified atom stereocenters. The number of carboxylic acid groups (broad SMARTS) is 1. The molecule has 114 valence electrons. The number of amides is 1. The summed E-state index contributed by atoms with van der Waals surface area (Å²) in [6.45, 7) is 1.65. The fourth-order valence-electron chi connectivity index (χ4n) is 2.86. The second-order valence-corrected chi connectivity index (χ2v) is 5.53. The first-order chi connectivity index (χ1) is 10.1. The molecule has 0 saturated carbocycles. The Morgan fingerprint density at radius 2 is 2.19 bits per heavy atom. The lowest BCUT2D eigenvalue weighted by Crippen LogP contribution is -2.42. The number of hydrogen-bond donors (Lipinski definition) is 2. The van der Waals surface area contributed by atoms with Gasteiger partial charge in [0.1, 0.15) is 0 Å². The number of rotatable bonds is 3. The molecular weight excluding hydrogens is 276 g/mol. The van der Waals surface area contributed by atoms with Crippen LogP contribution in [0.1, 0.15) is 48.2 Å². The summed E-state index contributed by atoms with van der Waals surface area (Å²) in [5, 5.41) is 16.0. The van der Waals surface area contributed by atoms with Crippen LogP contribution in [-0.4, -0.2) is 51.7 Å². The molecule has 1 aromatic heterocycles. The third-order valence-electron chi connectivity index (χ3n) is 4.05. The molecule has 3 rings (SSSR count). The van der Waals surface area contributed by atoms with Gasteiger partial charge in [0, 0.05) is 13.1 Å². The summed E-state index contributed by atoms with van der Waals surface area (Å²) in [6.07, 6.45) is 3.24. The Morgan fingerprint density at radius 1 is 1.33 bits per heavy atom. The van der Waals surface area contributed by atoms with E-state index in [0.29, 0.717) is 25.3 Å². The Bertz CT molecular complexity index is 538. The average molecular weight is 294 g/mol. The van der Waals surface area contributed by atoms with Crippen molar-refractivity contribution in [3.8, 4) is 0 Å². The minimum atomic E-state index is -0.864. The van der Waals surface area contributed by atoms with Gasteiger partial charge in [0.2, 0.25) is 5.89 Å². The van der Waals surface area contributed by atoms with Crippen LogP contribution >= 0.6 is 0 Å². The van der Waals surface area contributed by atoms with Crippen LogP contribution in [0, 0.1) is 5.92 Å². The first-order valence-electron chi connectivity index (χ1n) is 7.24. The fraction of sp³-hybridized carbons (Fsp3) is 0.692. The van der Waals surface area contributed by atoms with Crippen LogP contribution < -0.4 is 5.32 Å². The number of carbonyl (C=O) groups is 2. The van der Waals surface area contributed by atoms with E-state index in [1.807, 2.05) is 0 Å².